The zero-order valence-corrected chi connectivity index (χ0v) is 8.65. The summed E-state index contributed by atoms with van der Waals surface area (Å²) in [6, 6.07) is 0. The molecular formula is H3ClKNO5SZn. The van der Waals surface area contributed by atoms with Crippen molar-refractivity contribution in [3.63, 3.8) is 0 Å². The predicted octanol–water partition coefficient (Wildman–Crippen LogP) is -1.25. The summed E-state index contributed by atoms with van der Waals surface area (Å²) in [7, 11) is 0. The molecule has 0 spiro atoms. The van der Waals surface area contributed by atoms with Crippen LogP contribution in [-0.4, -0.2) is 70.1 Å². The van der Waals surface area contributed by atoms with E-state index < -0.39 is 16.7 Å². The third kappa shape index (κ3) is 285. The van der Waals surface area contributed by atoms with Crippen molar-refractivity contribution in [1.82, 2.24) is 0 Å². The van der Waals surface area contributed by atoms with Crippen molar-refractivity contribution in [2.24, 2.45) is 0 Å². The normalized spacial score (nSPS) is 3.60. The number of nitrogens with zero attached hydrogens (tertiary/aromatic N) is 1. The Morgan fingerprint density at radius 2 is 1.40 bits per heavy atom. The molecule has 0 aromatic heterocycles. The van der Waals surface area contributed by atoms with Crippen LogP contribution in [0.1, 0.15) is 0 Å². The van der Waals surface area contributed by atoms with Crippen molar-refractivity contribution in [2.75, 3.05) is 0 Å². The number of rotatable bonds is 0. The second-order valence-electron chi connectivity index (χ2n) is 0.306. The van der Waals surface area contributed by atoms with Crippen LogP contribution in [-0.2, 0) is 31.0 Å². The van der Waals surface area contributed by atoms with Crippen LogP contribution in [0, 0.1) is 10.1 Å². The smallest absolute Gasteiger partial charge is 0 e. The quantitative estimate of drug-likeness (QED) is 0.337. The van der Waals surface area contributed by atoms with Gasteiger partial charge in [-0.1, -0.05) is 0 Å². The Morgan fingerprint density at radius 1 is 1.40 bits per heavy atom. The summed E-state index contributed by atoms with van der Waals surface area (Å²) in [6.07, 6.45) is 0. The van der Waals surface area contributed by atoms with Gasteiger partial charge in [0.2, 0.25) is 0 Å². The Hall–Kier alpha value is 1.57. The van der Waals surface area contributed by atoms with Crippen molar-refractivity contribution in [3.8, 4) is 0 Å². The van der Waals surface area contributed by atoms with Gasteiger partial charge < -0.3 is 5.21 Å². The third-order valence-electron chi connectivity index (χ3n) is 0. The maximum absolute atomic E-state index is 8.36. The maximum atomic E-state index is 8.36. The molecule has 54 valence electrons. The van der Waals surface area contributed by atoms with Gasteiger partial charge in [0.25, 0.3) is 5.09 Å². The second kappa shape index (κ2) is 31.2. The van der Waals surface area contributed by atoms with Crippen LogP contribution in [0.15, 0.2) is 0 Å². The van der Waals surface area contributed by atoms with Gasteiger partial charge in [0.05, 0.1) is 0 Å². The van der Waals surface area contributed by atoms with Crippen molar-refractivity contribution in [3.05, 3.63) is 10.1 Å². The fraction of sp³-hybridized carbons (Fsp3) is 0. The molecule has 0 aromatic rings. The molecule has 10 heteroatoms. The van der Waals surface area contributed by atoms with Gasteiger partial charge in [-0.3, -0.25) is 0 Å². The zero-order chi connectivity index (χ0) is 6.28. The molecule has 0 atom stereocenters. The van der Waals surface area contributed by atoms with Crippen molar-refractivity contribution >= 4 is 75.4 Å². The van der Waals surface area contributed by atoms with E-state index in [1.807, 2.05) is 0 Å². The van der Waals surface area contributed by atoms with E-state index in [2.05, 4.69) is 0 Å². The third-order valence-corrected chi connectivity index (χ3v) is 0. The Morgan fingerprint density at radius 3 is 1.40 bits per heavy atom. The van der Waals surface area contributed by atoms with Crippen LogP contribution in [0.5, 0.6) is 0 Å². The first-order chi connectivity index (χ1) is 3.15. The number of hydrogen-bond acceptors (Lipinski definition) is 4. The fourth-order valence-corrected chi connectivity index (χ4v) is 0. The molecule has 0 saturated carbocycles. The predicted molar refractivity (Wildman–Crippen MR) is 32.1 cm³/mol. The summed E-state index contributed by atoms with van der Waals surface area (Å²) in [5.41, 5.74) is 0. The van der Waals surface area contributed by atoms with Gasteiger partial charge in [-0.2, -0.15) is 8.42 Å². The molecule has 0 saturated heterocycles. The molecule has 0 radical (unpaired) electrons. The second-order valence-corrected chi connectivity index (χ2v) is 0.442. The van der Waals surface area contributed by atoms with Crippen molar-refractivity contribution in [1.29, 1.82) is 0 Å². The average molecular weight is 269 g/mol. The van der Waals surface area contributed by atoms with Crippen molar-refractivity contribution < 1.29 is 38.2 Å². The molecule has 0 fully saturated rings. The molecular weight excluding hydrogens is 266 g/mol. The number of hydrogen-bond donors (Lipinski definition) is 1. The van der Waals surface area contributed by atoms with E-state index in [1.54, 1.807) is 0 Å². The molecule has 6 nitrogen and oxygen atoms in total. The van der Waals surface area contributed by atoms with Gasteiger partial charge in [0.1, 0.15) is 0 Å². The first-order valence-corrected chi connectivity index (χ1v) is 1.57. The summed E-state index contributed by atoms with van der Waals surface area (Å²) in [5.74, 6) is 0. The van der Waals surface area contributed by atoms with Crippen LogP contribution in [0.4, 0.5) is 0 Å². The van der Waals surface area contributed by atoms with Crippen molar-refractivity contribution in [2.45, 2.75) is 0 Å². The van der Waals surface area contributed by atoms with Gasteiger partial charge in [0, 0.05) is 19.5 Å². The van der Waals surface area contributed by atoms with E-state index >= 15 is 0 Å². The summed E-state index contributed by atoms with van der Waals surface area (Å²) >= 11 is -0.750. The van der Waals surface area contributed by atoms with Crippen LogP contribution in [0.25, 0.3) is 0 Å². The van der Waals surface area contributed by atoms with Gasteiger partial charge in [-0.05, 0) is 0 Å². The van der Waals surface area contributed by atoms with E-state index in [-0.39, 0.29) is 83.3 Å². The minimum atomic E-state index is -1.50. The van der Waals surface area contributed by atoms with Crippen LogP contribution in [0.2, 0.25) is 0 Å². The van der Waals surface area contributed by atoms with E-state index in [0.717, 1.165) is 0 Å². The SMILES string of the molecule is Cl.O=S=O.O=[N+]([O-])O.[KH].[Zn]. The van der Waals surface area contributed by atoms with E-state index in [9.17, 15) is 0 Å². The minimum Gasteiger partial charge on any atom is 0 e. The van der Waals surface area contributed by atoms with Gasteiger partial charge >= 0.3 is 63.0 Å². The topological polar surface area (TPSA) is 97.5 Å². The maximum Gasteiger partial charge on any atom is 0 e. The van der Waals surface area contributed by atoms with E-state index in [1.165, 1.54) is 0 Å². The van der Waals surface area contributed by atoms with Gasteiger partial charge in [0.15, 0.2) is 0 Å². The van der Waals surface area contributed by atoms with Gasteiger partial charge in [-0.25, -0.2) is 0 Å². The van der Waals surface area contributed by atoms with E-state index in [0.29, 0.717) is 0 Å². The first kappa shape index (κ1) is 29.9. The molecule has 0 amide bonds. The monoisotopic (exact) mass is 267 g/mol. The largest absolute Gasteiger partial charge is 0 e. The molecule has 0 heterocycles. The molecule has 0 aliphatic rings. The molecule has 0 aliphatic carbocycles. The summed E-state index contributed by atoms with van der Waals surface area (Å²) in [6.45, 7) is 0. The molecule has 0 aliphatic heterocycles. The van der Waals surface area contributed by atoms with Gasteiger partial charge in [-0.15, -0.1) is 22.5 Å². The first-order valence-electron chi connectivity index (χ1n) is 0.898. The number of halogens is 1. The Bertz CT molecular complexity index is 89.6. The average Bonchev–Trinajstić information content (AvgIpc) is 1.33. The fourth-order valence-electron chi connectivity index (χ4n) is 0. The van der Waals surface area contributed by atoms with E-state index in [4.69, 9.17) is 23.7 Å². The Kier molecular flexibility index (Phi) is 93.4. The Balaban J connectivity index is -0.0000000131. The van der Waals surface area contributed by atoms with Crippen LogP contribution in [0.3, 0.4) is 0 Å². The summed E-state index contributed by atoms with van der Waals surface area (Å²) < 4.78 is 16.6. The molecule has 1 N–H and O–H groups in total. The summed E-state index contributed by atoms with van der Waals surface area (Å²) in [4.78, 5) is 8.36. The minimum absolute atomic E-state index is 0. The molecule has 0 rings (SSSR count). The molecule has 10 heavy (non-hydrogen) atoms. The standard InChI is InChI=1S/ClH.K.HNO3.O2S.Zn.H/c;;2-1(3)4;1-3-2;;/h1H;;(H,2,3,4);;;. The molecule has 0 bridgehead atoms. The molecule has 0 unspecified atom stereocenters. The van der Waals surface area contributed by atoms with Crippen LogP contribution >= 0.6 is 12.4 Å². The molecule has 0 aromatic carbocycles. The zero-order valence-electron chi connectivity index (χ0n) is 4.05. The van der Waals surface area contributed by atoms with Crippen LogP contribution < -0.4 is 0 Å². The Labute approximate surface area is 121 Å². The summed E-state index contributed by atoms with van der Waals surface area (Å²) in [5, 5.41) is 13.6.